The van der Waals surface area contributed by atoms with E-state index >= 15 is 0 Å². The number of para-hydroxylation sites is 1. The molecule has 2 aromatic carbocycles. The molecule has 6 heteroatoms. The molecular formula is C18H21N3O3. The number of nitrogens with zero attached hydrogens (tertiary/aromatic N) is 2. The lowest BCUT2D eigenvalue weighted by Gasteiger charge is -2.41. The molecule has 0 bridgehead atoms. The predicted octanol–water partition coefficient (Wildman–Crippen LogP) is 2.75. The van der Waals surface area contributed by atoms with E-state index < -0.39 is 0 Å². The molecule has 1 amide bonds. The second kappa shape index (κ2) is 6.41. The maximum absolute atomic E-state index is 12.9. The van der Waals surface area contributed by atoms with E-state index in [1.807, 2.05) is 56.6 Å². The Morgan fingerprint density at radius 2 is 1.75 bits per heavy atom. The van der Waals surface area contributed by atoms with Gasteiger partial charge in [0.25, 0.3) is 5.91 Å². The third kappa shape index (κ3) is 2.65. The van der Waals surface area contributed by atoms with Gasteiger partial charge in [-0.3, -0.25) is 4.79 Å². The Balaban J connectivity index is 2.07. The number of amides is 1. The Morgan fingerprint density at radius 3 is 2.42 bits per heavy atom. The first kappa shape index (κ1) is 16.1. The summed E-state index contributed by atoms with van der Waals surface area (Å²) in [6, 6.07) is 13.2. The van der Waals surface area contributed by atoms with E-state index in [1.54, 1.807) is 24.2 Å². The minimum Gasteiger partial charge on any atom is -0.493 e. The van der Waals surface area contributed by atoms with Crippen molar-refractivity contribution in [2.75, 3.05) is 33.6 Å². The van der Waals surface area contributed by atoms with Crippen molar-refractivity contribution >= 4 is 11.6 Å². The molecule has 0 saturated heterocycles. The van der Waals surface area contributed by atoms with Crippen LogP contribution in [0.2, 0.25) is 0 Å². The average molecular weight is 327 g/mol. The summed E-state index contributed by atoms with van der Waals surface area (Å²) in [7, 11) is 6.89. The summed E-state index contributed by atoms with van der Waals surface area (Å²) in [6.45, 7) is 0. The van der Waals surface area contributed by atoms with E-state index in [0.29, 0.717) is 17.1 Å². The number of ether oxygens (including phenoxy) is 2. The van der Waals surface area contributed by atoms with Crippen LogP contribution >= 0.6 is 0 Å². The lowest BCUT2D eigenvalue weighted by Crippen LogP contribution is -2.49. The van der Waals surface area contributed by atoms with Crippen LogP contribution in [0.1, 0.15) is 22.1 Å². The molecule has 0 radical (unpaired) electrons. The van der Waals surface area contributed by atoms with Crippen molar-refractivity contribution in [1.29, 1.82) is 0 Å². The highest BCUT2D eigenvalue weighted by molar-refractivity contribution is 6.01. The number of hydrogen-bond donors (Lipinski definition) is 1. The van der Waals surface area contributed by atoms with Gasteiger partial charge < -0.3 is 14.8 Å². The molecule has 24 heavy (non-hydrogen) atoms. The summed E-state index contributed by atoms with van der Waals surface area (Å²) in [5.41, 5.74) is 2.38. The fraction of sp³-hybridized carbons (Fsp3) is 0.278. The molecule has 1 aliphatic heterocycles. The van der Waals surface area contributed by atoms with Gasteiger partial charge in [0.1, 0.15) is 6.17 Å². The topological polar surface area (TPSA) is 54.0 Å². The SMILES string of the molecule is COc1ccc(C2Nc3ccccc3C(=O)N2N(C)C)cc1OC. The number of benzene rings is 2. The number of anilines is 1. The standard InChI is InChI=1S/C18H21N3O3/c1-20(2)21-17(12-9-10-15(23-3)16(11-12)24-4)19-14-8-6-5-7-13(14)18(21)22/h5-11,17,19H,1-4H3. The van der Waals surface area contributed by atoms with Crippen molar-refractivity contribution in [2.24, 2.45) is 0 Å². The summed E-state index contributed by atoms with van der Waals surface area (Å²) < 4.78 is 10.7. The number of rotatable bonds is 4. The van der Waals surface area contributed by atoms with Gasteiger partial charge in [0.2, 0.25) is 0 Å². The van der Waals surface area contributed by atoms with E-state index in [2.05, 4.69) is 5.32 Å². The fourth-order valence-electron chi connectivity index (χ4n) is 2.90. The smallest absolute Gasteiger partial charge is 0.272 e. The first-order valence-electron chi connectivity index (χ1n) is 7.65. The monoisotopic (exact) mass is 327 g/mol. The van der Waals surface area contributed by atoms with Crippen molar-refractivity contribution in [1.82, 2.24) is 10.0 Å². The molecule has 1 N–H and O–H groups in total. The number of hydrogen-bond acceptors (Lipinski definition) is 5. The molecule has 0 aromatic heterocycles. The average Bonchev–Trinajstić information content (AvgIpc) is 2.60. The van der Waals surface area contributed by atoms with Crippen LogP contribution in [0, 0.1) is 0 Å². The van der Waals surface area contributed by atoms with Gasteiger partial charge in [-0.25, -0.2) is 10.0 Å². The summed E-state index contributed by atoms with van der Waals surface area (Å²) in [6.07, 6.45) is -0.331. The third-order valence-corrected chi connectivity index (χ3v) is 4.06. The van der Waals surface area contributed by atoms with E-state index in [-0.39, 0.29) is 12.1 Å². The molecule has 1 aliphatic rings. The fourth-order valence-corrected chi connectivity index (χ4v) is 2.90. The van der Waals surface area contributed by atoms with Crippen LogP contribution in [0.4, 0.5) is 5.69 Å². The Labute approximate surface area is 141 Å². The maximum atomic E-state index is 12.9. The van der Waals surface area contributed by atoms with Gasteiger partial charge >= 0.3 is 0 Å². The van der Waals surface area contributed by atoms with Gasteiger partial charge in [0.15, 0.2) is 11.5 Å². The molecule has 0 spiro atoms. The maximum Gasteiger partial charge on any atom is 0.272 e. The summed E-state index contributed by atoms with van der Waals surface area (Å²) in [5.74, 6) is 1.23. The normalized spacial score (nSPS) is 16.6. The van der Waals surface area contributed by atoms with Crippen LogP contribution < -0.4 is 14.8 Å². The minimum atomic E-state index is -0.331. The molecular weight excluding hydrogens is 306 g/mol. The molecule has 0 fully saturated rings. The Kier molecular flexibility index (Phi) is 4.31. The molecule has 3 rings (SSSR count). The Hall–Kier alpha value is -2.73. The van der Waals surface area contributed by atoms with Crippen LogP contribution in [-0.2, 0) is 0 Å². The summed E-state index contributed by atoms with van der Waals surface area (Å²) >= 11 is 0. The zero-order chi connectivity index (χ0) is 17.3. The quantitative estimate of drug-likeness (QED) is 0.936. The number of methoxy groups -OCH3 is 2. The van der Waals surface area contributed by atoms with Gasteiger partial charge in [-0.15, -0.1) is 0 Å². The highest BCUT2D eigenvalue weighted by Gasteiger charge is 2.34. The number of nitrogens with one attached hydrogen (secondary N) is 1. The number of carbonyl (C=O) groups is 1. The molecule has 0 aliphatic carbocycles. The van der Waals surface area contributed by atoms with Crippen molar-refractivity contribution in [2.45, 2.75) is 6.17 Å². The highest BCUT2D eigenvalue weighted by Crippen LogP contribution is 2.36. The largest absolute Gasteiger partial charge is 0.493 e. The lowest BCUT2D eigenvalue weighted by molar-refractivity contribution is -0.00172. The molecule has 6 nitrogen and oxygen atoms in total. The van der Waals surface area contributed by atoms with E-state index in [1.165, 1.54) is 0 Å². The first-order chi connectivity index (χ1) is 11.6. The van der Waals surface area contributed by atoms with Crippen LogP contribution in [-0.4, -0.2) is 44.2 Å². The lowest BCUT2D eigenvalue weighted by atomic mass is 10.0. The van der Waals surface area contributed by atoms with Crippen molar-refractivity contribution < 1.29 is 14.3 Å². The Bertz CT molecular complexity index is 761. The second-order valence-electron chi connectivity index (χ2n) is 5.70. The van der Waals surface area contributed by atoms with Crippen molar-refractivity contribution in [3.8, 4) is 11.5 Å². The zero-order valence-corrected chi connectivity index (χ0v) is 14.2. The molecule has 1 unspecified atom stereocenters. The first-order valence-corrected chi connectivity index (χ1v) is 7.65. The molecule has 126 valence electrons. The van der Waals surface area contributed by atoms with Gasteiger partial charge in [0.05, 0.1) is 19.8 Å². The highest BCUT2D eigenvalue weighted by atomic mass is 16.5. The van der Waals surface area contributed by atoms with E-state index in [0.717, 1.165) is 11.3 Å². The van der Waals surface area contributed by atoms with Crippen molar-refractivity contribution in [3.05, 3.63) is 53.6 Å². The predicted molar refractivity (Wildman–Crippen MR) is 92.2 cm³/mol. The van der Waals surface area contributed by atoms with Crippen LogP contribution in [0.5, 0.6) is 11.5 Å². The molecule has 0 saturated carbocycles. The van der Waals surface area contributed by atoms with Gasteiger partial charge in [-0.2, -0.15) is 0 Å². The summed E-state index contributed by atoms with van der Waals surface area (Å²) in [5, 5.41) is 6.90. The van der Waals surface area contributed by atoms with Gasteiger partial charge in [-0.1, -0.05) is 18.2 Å². The molecule has 2 aromatic rings. The molecule has 1 heterocycles. The van der Waals surface area contributed by atoms with Crippen LogP contribution in [0.3, 0.4) is 0 Å². The molecule has 1 atom stereocenters. The zero-order valence-electron chi connectivity index (χ0n) is 14.2. The number of fused-ring (bicyclic) bond motifs is 1. The van der Waals surface area contributed by atoms with Crippen LogP contribution in [0.15, 0.2) is 42.5 Å². The van der Waals surface area contributed by atoms with E-state index in [9.17, 15) is 4.79 Å². The minimum absolute atomic E-state index is 0.0471. The number of hydrazine groups is 1. The third-order valence-electron chi connectivity index (χ3n) is 4.06. The van der Waals surface area contributed by atoms with Gasteiger partial charge in [-0.05, 0) is 29.8 Å². The van der Waals surface area contributed by atoms with Gasteiger partial charge in [0, 0.05) is 19.8 Å². The number of carbonyl (C=O) groups excluding carboxylic acids is 1. The second-order valence-corrected chi connectivity index (χ2v) is 5.70. The van der Waals surface area contributed by atoms with E-state index in [4.69, 9.17) is 9.47 Å². The van der Waals surface area contributed by atoms with Crippen LogP contribution in [0.25, 0.3) is 0 Å². The Morgan fingerprint density at radius 1 is 1.04 bits per heavy atom. The summed E-state index contributed by atoms with van der Waals surface area (Å²) in [4.78, 5) is 12.9. The van der Waals surface area contributed by atoms with Crippen molar-refractivity contribution in [3.63, 3.8) is 0 Å².